The lowest BCUT2D eigenvalue weighted by atomic mass is 10.1. The molecule has 0 saturated carbocycles. The summed E-state index contributed by atoms with van der Waals surface area (Å²) < 4.78 is 0. The summed E-state index contributed by atoms with van der Waals surface area (Å²) in [5.74, 6) is -1.12. The van der Waals surface area contributed by atoms with E-state index < -0.39 is 12.0 Å². The molecule has 1 amide bonds. The molecule has 104 valence electrons. The maximum absolute atomic E-state index is 11.6. The van der Waals surface area contributed by atoms with E-state index in [0.29, 0.717) is 13.0 Å². The number of benzene rings is 1. The van der Waals surface area contributed by atoms with Crippen LogP contribution in [0.15, 0.2) is 30.3 Å². The van der Waals surface area contributed by atoms with Crippen molar-refractivity contribution >= 4 is 11.9 Å². The lowest BCUT2D eigenvalue weighted by Crippen LogP contribution is -2.42. The van der Waals surface area contributed by atoms with Gasteiger partial charge in [-0.25, -0.2) is 0 Å². The third-order valence-electron chi connectivity index (χ3n) is 2.72. The molecular weight excluding hydrogens is 244 g/mol. The minimum Gasteiger partial charge on any atom is -0.480 e. The number of hydrogen-bond donors (Lipinski definition) is 3. The molecule has 0 aliphatic rings. The van der Waals surface area contributed by atoms with Crippen molar-refractivity contribution in [3.8, 4) is 0 Å². The fourth-order valence-electron chi connectivity index (χ4n) is 1.68. The van der Waals surface area contributed by atoms with Gasteiger partial charge in [-0.2, -0.15) is 0 Å². The van der Waals surface area contributed by atoms with Gasteiger partial charge in [0.15, 0.2) is 0 Å². The summed E-state index contributed by atoms with van der Waals surface area (Å²) in [6.07, 6.45) is 1.27. The van der Waals surface area contributed by atoms with E-state index in [1.165, 1.54) is 0 Å². The fraction of sp³-hybridized carbons (Fsp3) is 0.429. The summed E-state index contributed by atoms with van der Waals surface area (Å²) in [5.41, 5.74) is 1.01. The molecule has 1 aromatic rings. The third kappa shape index (κ3) is 6.01. The van der Waals surface area contributed by atoms with Crippen LogP contribution in [-0.2, 0) is 16.1 Å². The molecule has 3 N–H and O–H groups in total. The molecule has 5 nitrogen and oxygen atoms in total. The first kappa shape index (κ1) is 15.2. The summed E-state index contributed by atoms with van der Waals surface area (Å²) in [7, 11) is 0. The topological polar surface area (TPSA) is 78.4 Å². The predicted molar refractivity (Wildman–Crippen MR) is 72.6 cm³/mol. The summed E-state index contributed by atoms with van der Waals surface area (Å²) in [6.45, 7) is 2.38. The second kappa shape index (κ2) is 8.26. The van der Waals surface area contributed by atoms with E-state index in [1.54, 1.807) is 0 Å². The number of aliphatic carboxylic acids is 1. The monoisotopic (exact) mass is 264 g/mol. The van der Waals surface area contributed by atoms with Crippen LogP contribution in [0, 0.1) is 0 Å². The van der Waals surface area contributed by atoms with Gasteiger partial charge in [-0.15, -0.1) is 0 Å². The SMILES string of the molecule is CCCC(NCC(=O)NCc1ccccc1)C(=O)O. The van der Waals surface area contributed by atoms with Crippen molar-refractivity contribution in [1.82, 2.24) is 10.6 Å². The minimum absolute atomic E-state index is 0.0177. The quantitative estimate of drug-likeness (QED) is 0.658. The van der Waals surface area contributed by atoms with E-state index in [2.05, 4.69) is 10.6 Å². The van der Waals surface area contributed by atoms with Gasteiger partial charge in [0.1, 0.15) is 6.04 Å². The van der Waals surface area contributed by atoms with Crippen LogP contribution >= 0.6 is 0 Å². The number of carboxylic acid groups (broad SMARTS) is 1. The molecule has 1 rings (SSSR count). The molecule has 1 aromatic carbocycles. The van der Waals surface area contributed by atoms with Gasteiger partial charge in [-0.3, -0.25) is 14.9 Å². The van der Waals surface area contributed by atoms with E-state index in [0.717, 1.165) is 12.0 Å². The van der Waals surface area contributed by atoms with Crippen molar-refractivity contribution in [1.29, 1.82) is 0 Å². The van der Waals surface area contributed by atoms with Crippen molar-refractivity contribution in [2.24, 2.45) is 0 Å². The molecular formula is C14H20N2O3. The van der Waals surface area contributed by atoms with Gasteiger partial charge in [-0.1, -0.05) is 43.7 Å². The number of carboxylic acids is 1. The average molecular weight is 264 g/mol. The van der Waals surface area contributed by atoms with Gasteiger partial charge < -0.3 is 10.4 Å². The van der Waals surface area contributed by atoms with Crippen molar-refractivity contribution in [2.75, 3.05) is 6.54 Å². The Morgan fingerprint density at radius 1 is 1.26 bits per heavy atom. The number of carbonyl (C=O) groups is 2. The molecule has 0 saturated heterocycles. The van der Waals surface area contributed by atoms with Crippen molar-refractivity contribution in [3.63, 3.8) is 0 Å². The molecule has 19 heavy (non-hydrogen) atoms. The zero-order valence-corrected chi connectivity index (χ0v) is 11.1. The highest BCUT2D eigenvalue weighted by Gasteiger charge is 2.16. The third-order valence-corrected chi connectivity index (χ3v) is 2.72. The lowest BCUT2D eigenvalue weighted by Gasteiger charge is -2.13. The Labute approximate surface area is 113 Å². The highest BCUT2D eigenvalue weighted by Crippen LogP contribution is 1.98. The first-order valence-corrected chi connectivity index (χ1v) is 6.40. The molecule has 0 aromatic heterocycles. The molecule has 0 fully saturated rings. The van der Waals surface area contributed by atoms with Crippen LogP contribution < -0.4 is 10.6 Å². The van der Waals surface area contributed by atoms with Crippen LogP contribution in [0.2, 0.25) is 0 Å². The number of carbonyl (C=O) groups excluding carboxylic acids is 1. The summed E-state index contributed by atoms with van der Waals surface area (Å²) in [4.78, 5) is 22.5. The lowest BCUT2D eigenvalue weighted by molar-refractivity contribution is -0.139. The normalized spacial score (nSPS) is 11.8. The first-order chi connectivity index (χ1) is 9.13. The Morgan fingerprint density at radius 3 is 2.53 bits per heavy atom. The standard InChI is InChI=1S/C14H20N2O3/c1-2-6-12(14(18)19)15-10-13(17)16-9-11-7-4-3-5-8-11/h3-5,7-8,12,15H,2,6,9-10H2,1H3,(H,16,17)(H,18,19). The van der Waals surface area contributed by atoms with E-state index in [4.69, 9.17) is 5.11 Å². The molecule has 0 aliphatic heterocycles. The van der Waals surface area contributed by atoms with Crippen LogP contribution in [-0.4, -0.2) is 29.6 Å². The minimum atomic E-state index is -0.919. The van der Waals surface area contributed by atoms with Crippen LogP contribution in [0.5, 0.6) is 0 Å². The zero-order valence-electron chi connectivity index (χ0n) is 11.1. The number of amides is 1. The molecule has 1 unspecified atom stereocenters. The highest BCUT2D eigenvalue weighted by molar-refractivity contribution is 5.79. The van der Waals surface area contributed by atoms with Gasteiger partial charge in [0.05, 0.1) is 6.54 Å². The fourth-order valence-corrected chi connectivity index (χ4v) is 1.68. The first-order valence-electron chi connectivity index (χ1n) is 6.40. The second-order valence-electron chi connectivity index (χ2n) is 4.32. The van der Waals surface area contributed by atoms with Crippen LogP contribution in [0.3, 0.4) is 0 Å². The molecule has 0 aliphatic carbocycles. The van der Waals surface area contributed by atoms with Crippen LogP contribution in [0.4, 0.5) is 0 Å². The molecule has 0 spiro atoms. The van der Waals surface area contributed by atoms with Gasteiger partial charge in [0, 0.05) is 6.54 Å². The number of rotatable bonds is 8. The largest absolute Gasteiger partial charge is 0.480 e. The maximum atomic E-state index is 11.6. The summed E-state index contributed by atoms with van der Waals surface area (Å²) in [5, 5.41) is 14.4. The average Bonchev–Trinajstić information content (AvgIpc) is 2.42. The van der Waals surface area contributed by atoms with E-state index in [-0.39, 0.29) is 12.5 Å². The zero-order chi connectivity index (χ0) is 14.1. The van der Waals surface area contributed by atoms with E-state index in [1.807, 2.05) is 37.3 Å². The van der Waals surface area contributed by atoms with Gasteiger partial charge in [0.2, 0.25) is 5.91 Å². The smallest absolute Gasteiger partial charge is 0.320 e. The Morgan fingerprint density at radius 2 is 1.95 bits per heavy atom. The Balaban J connectivity index is 2.29. The number of hydrogen-bond acceptors (Lipinski definition) is 3. The summed E-state index contributed by atoms with van der Waals surface area (Å²) in [6, 6.07) is 8.90. The van der Waals surface area contributed by atoms with Crippen molar-refractivity contribution in [3.05, 3.63) is 35.9 Å². The molecule has 0 heterocycles. The van der Waals surface area contributed by atoms with Gasteiger partial charge in [-0.05, 0) is 12.0 Å². The Bertz CT molecular complexity index is 406. The number of nitrogens with one attached hydrogen (secondary N) is 2. The Hall–Kier alpha value is -1.88. The Kier molecular flexibility index (Phi) is 6.60. The highest BCUT2D eigenvalue weighted by atomic mass is 16.4. The molecule has 5 heteroatoms. The van der Waals surface area contributed by atoms with Crippen molar-refractivity contribution in [2.45, 2.75) is 32.4 Å². The second-order valence-corrected chi connectivity index (χ2v) is 4.32. The van der Waals surface area contributed by atoms with Crippen LogP contribution in [0.25, 0.3) is 0 Å². The predicted octanol–water partition coefficient (Wildman–Crippen LogP) is 1.15. The molecule has 0 radical (unpaired) electrons. The molecule has 1 atom stereocenters. The van der Waals surface area contributed by atoms with Gasteiger partial charge in [0.25, 0.3) is 0 Å². The van der Waals surface area contributed by atoms with E-state index in [9.17, 15) is 9.59 Å². The van der Waals surface area contributed by atoms with Crippen molar-refractivity contribution < 1.29 is 14.7 Å². The van der Waals surface area contributed by atoms with Crippen LogP contribution in [0.1, 0.15) is 25.3 Å². The summed E-state index contributed by atoms with van der Waals surface area (Å²) >= 11 is 0. The van der Waals surface area contributed by atoms with E-state index >= 15 is 0 Å². The van der Waals surface area contributed by atoms with Gasteiger partial charge >= 0.3 is 5.97 Å². The maximum Gasteiger partial charge on any atom is 0.320 e. The molecule has 0 bridgehead atoms.